The van der Waals surface area contributed by atoms with Gasteiger partial charge in [-0.05, 0) is 30.2 Å². The third-order valence-electron chi connectivity index (χ3n) is 2.41. The molecule has 1 aromatic rings. The first-order valence-electron chi connectivity index (χ1n) is 5.24. The molecule has 0 aliphatic heterocycles. The number of ketones is 1. The minimum Gasteiger partial charge on any atom is -0.327 e. The highest BCUT2D eigenvalue weighted by atomic mass is 35.5. The summed E-state index contributed by atoms with van der Waals surface area (Å²) in [6.45, 7) is 1.92. The normalized spacial score (nSPS) is 12.5. The lowest BCUT2D eigenvalue weighted by Crippen LogP contribution is -2.23. The fourth-order valence-corrected chi connectivity index (χ4v) is 1.58. The van der Waals surface area contributed by atoms with Gasteiger partial charge in [-0.3, -0.25) is 4.79 Å². The Labute approximate surface area is 99.6 Å². The maximum atomic E-state index is 12.9. The smallest absolute Gasteiger partial charge is 0.138 e. The molecule has 0 aliphatic carbocycles. The van der Waals surface area contributed by atoms with Gasteiger partial charge in [0.15, 0.2) is 0 Å². The van der Waals surface area contributed by atoms with Crippen LogP contribution in [0.3, 0.4) is 0 Å². The average molecular weight is 244 g/mol. The van der Waals surface area contributed by atoms with E-state index in [4.69, 9.17) is 17.3 Å². The lowest BCUT2D eigenvalue weighted by molar-refractivity contribution is -0.118. The summed E-state index contributed by atoms with van der Waals surface area (Å²) in [4.78, 5) is 11.6. The lowest BCUT2D eigenvalue weighted by Gasteiger charge is -2.08. The summed E-state index contributed by atoms with van der Waals surface area (Å²) in [5, 5.41) is 0.416. The highest BCUT2D eigenvalue weighted by Gasteiger charge is 2.11. The average Bonchev–Trinajstić information content (AvgIpc) is 2.23. The Hall–Kier alpha value is -0.930. The first kappa shape index (κ1) is 13.1. The number of Topliss-reactive ketones (excluding diaryl/α,β-unsaturated/α-hetero) is 1. The van der Waals surface area contributed by atoms with Gasteiger partial charge in [-0.2, -0.15) is 0 Å². The van der Waals surface area contributed by atoms with Gasteiger partial charge in [0, 0.05) is 23.9 Å². The van der Waals surface area contributed by atoms with Crippen LogP contribution in [0.1, 0.15) is 25.3 Å². The van der Waals surface area contributed by atoms with Crippen LogP contribution in [0.15, 0.2) is 18.2 Å². The van der Waals surface area contributed by atoms with Crippen LogP contribution >= 0.6 is 11.6 Å². The predicted octanol–water partition coefficient (Wildman–Crippen LogP) is 2.72. The van der Waals surface area contributed by atoms with Crippen molar-refractivity contribution in [1.29, 1.82) is 0 Å². The van der Waals surface area contributed by atoms with Gasteiger partial charge in [-0.25, -0.2) is 4.39 Å². The molecule has 4 heteroatoms. The summed E-state index contributed by atoms with van der Waals surface area (Å²) in [5.74, 6) is -0.395. The number of hydrogen-bond acceptors (Lipinski definition) is 2. The second-order valence-electron chi connectivity index (χ2n) is 3.82. The molecule has 0 bridgehead atoms. The van der Waals surface area contributed by atoms with E-state index in [9.17, 15) is 9.18 Å². The van der Waals surface area contributed by atoms with Gasteiger partial charge in [-0.1, -0.05) is 18.5 Å². The predicted molar refractivity (Wildman–Crippen MR) is 63.0 cm³/mol. The lowest BCUT2D eigenvalue weighted by atomic mass is 10.0. The monoisotopic (exact) mass is 243 g/mol. The molecule has 0 fully saturated rings. The molecule has 1 aromatic carbocycles. The Morgan fingerprint density at radius 1 is 1.56 bits per heavy atom. The number of halogens is 2. The summed E-state index contributed by atoms with van der Waals surface area (Å²) in [6.07, 6.45) is 1.20. The van der Waals surface area contributed by atoms with E-state index in [0.717, 1.165) is 6.42 Å². The van der Waals surface area contributed by atoms with Crippen molar-refractivity contribution in [3.05, 3.63) is 34.6 Å². The molecular weight excluding hydrogens is 229 g/mol. The maximum absolute atomic E-state index is 12.9. The summed E-state index contributed by atoms with van der Waals surface area (Å²) < 4.78 is 12.9. The van der Waals surface area contributed by atoms with Crippen LogP contribution in [-0.4, -0.2) is 11.8 Å². The number of carbonyl (C=O) groups is 1. The van der Waals surface area contributed by atoms with Crippen LogP contribution in [0.2, 0.25) is 5.02 Å². The Morgan fingerprint density at radius 2 is 2.25 bits per heavy atom. The molecule has 0 spiro atoms. The van der Waals surface area contributed by atoms with Gasteiger partial charge in [0.2, 0.25) is 0 Å². The van der Waals surface area contributed by atoms with E-state index in [1.165, 1.54) is 18.2 Å². The van der Waals surface area contributed by atoms with Gasteiger partial charge in [0.25, 0.3) is 0 Å². The van der Waals surface area contributed by atoms with E-state index in [1.54, 1.807) is 0 Å². The van der Waals surface area contributed by atoms with E-state index in [1.807, 2.05) is 6.92 Å². The molecule has 16 heavy (non-hydrogen) atoms. The summed E-state index contributed by atoms with van der Waals surface area (Å²) in [5.41, 5.74) is 6.19. The zero-order valence-corrected chi connectivity index (χ0v) is 9.93. The van der Waals surface area contributed by atoms with E-state index in [0.29, 0.717) is 17.0 Å². The molecule has 2 N–H and O–H groups in total. The molecule has 0 amide bonds. The molecule has 0 aliphatic rings. The summed E-state index contributed by atoms with van der Waals surface area (Å²) in [6, 6.07) is 3.89. The van der Waals surface area contributed by atoms with Crippen molar-refractivity contribution < 1.29 is 9.18 Å². The van der Waals surface area contributed by atoms with Gasteiger partial charge < -0.3 is 5.73 Å². The highest BCUT2D eigenvalue weighted by Crippen LogP contribution is 2.18. The Bertz CT molecular complexity index is 381. The zero-order chi connectivity index (χ0) is 12.1. The summed E-state index contributed by atoms with van der Waals surface area (Å²) >= 11 is 5.86. The van der Waals surface area contributed by atoms with E-state index in [-0.39, 0.29) is 24.1 Å². The number of hydrogen-bond donors (Lipinski definition) is 1. The van der Waals surface area contributed by atoms with E-state index >= 15 is 0 Å². The van der Waals surface area contributed by atoms with Crippen molar-refractivity contribution in [2.24, 2.45) is 5.73 Å². The number of carbonyl (C=O) groups excluding carboxylic acids is 1. The molecule has 0 saturated carbocycles. The Morgan fingerprint density at radius 3 is 2.88 bits per heavy atom. The standard InChI is InChI=1S/C12H15ClFNO/c1-2-10(15)7-11(16)6-8-5-9(14)3-4-12(8)13/h3-5,10H,2,6-7,15H2,1H3. The van der Waals surface area contributed by atoms with Crippen LogP contribution in [-0.2, 0) is 11.2 Å². The summed E-state index contributed by atoms with van der Waals surface area (Å²) in [7, 11) is 0. The minimum absolute atomic E-state index is 0.0122. The second kappa shape index (κ2) is 5.97. The largest absolute Gasteiger partial charge is 0.327 e. The SMILES string of the molecule is CCC(N)CC(=O)Cc1cc(F)ccc1Cl. The van der Waals surface area contributed by atoms with Crippen molar-refractivity contribution in [3.8, 4) is 0 Å². The Kier molecular flexibility index (Phi) is 4.90. The number of rotatable bonds is 5. The molecule has 0 heterocycles. The van der Waals surface area contributed by atoms with Gasteiger partial charge >= 0.3 is 0 Å². The highest BCUT2D eigenvalue weighted by molar-refractivity contribution is 6.31. The Balaban J connectivity index is 2.65. The molecule has 1 unspecified atom stereocenters. The molecule has 2 nitrogen and oxygen atoms in total. The molecule has 1 rings (SSSR count). The fraction of sp³-hybridized carbons (Fsp3) is 0.417. The molecule has 1 atom stereocenters. The molecule has 0 radical (unpaired) electrons. The van der Waals surface area contributed by atoms with Gasteiger partial charge in [-0.15, -0.1) is 0 Å². The van der Waals surface area contributed by atoms with Gasteiger partial charge in [0.05, 0.1) is 0 Å². The first-order chi connectivity index (χ1) is 7.52. The van der Waals surface area contributed by atoms with Crippen molar-refractivity contribution in [2.45, 2.75) is 32.2 Å². The molecule has 0 aromatic heterocycles. The van der Waals surface area contributed by atoms with Crippen molar-refractivity contribution >= 4 is 17.4 Å². The van der Waals surface area contributed by atoms with Crippen molar-refractivity contribution in [3.63, 3.8) is 0 Å². The quantitative estimate of drug-likeness (QED) is 0.864. The van der Waals surface area contributed by atoms with E-state index < -0.39 is 0 Å². The van der Waals surface area contributed by atoms with E-state index in [2.05, 4.69) is 0 Å². The minimum atomic E-state index is -0.382. The van der Waals surface area contributed by atoms with Crippen LogP contribution in [0.4, 0.5) is 4.39 Å². The molecule has 88 valence electrons. The topological polar surface area (TPSA) is 43.1 Å². The molecule has 0 saturated heterocycles. The van der Waals surface area contributed by atoms with Crippen LogP contribution < -0.4 is 5.73 Å². The third kappa shape index (κ3) is 3.91. The fourth-order valence-electron chi connectivity index (χ4n) is 1.40. The molecular formula is C12H15ClFNO. The van der Waals surface area contributed by atoms with Crippen LogP contribution in [0, 0.1) is 5.82 Å². The maximum Gasteiger partial charge on any atom is 0.138 e. The zero-order valence-electron chi connectivity index (χ0n) is 9.17. The van der Waals surface area contributed by atoms with Crippen molar-refractivity contribution in [2.75, 3.05) is 0 Å². The van der Waals surface area contributed by atoms with Crippen LogP contribution in [0.5, 0.6) is 0 Å². The van der Waals surface area contributed by atoms with Gasteiger partial charge in [0.1, 0.15) is 11.6 Å². The van der Waals surface area contributed by atoms with Crippen molar-refractivity contribution in [1.82, 2.24) is 0 Å². The van der Waals surface area contributed by atoms with Crippen LogP contribution in [0.25, 0.3) is 0 Å². The third-order valence-corrected chi connectivity index (χ3v) is 2.78. The second-order valence-corrected chi connectivity index (χ2v) is 4.23. The number of nitrogens with two attached hydrogens (primary N) is 1. The first-order valence-corrected chi connectivity index (χ1v) is 5.62. The number of benzene rings is 1.